The highest BCUT2D eigenvalue weighted by atomic mass is 16.5. The Morgan fingerprint density at radius 3 is 2.34 bits per heavy atom. The molecule has 2 aromatic carbocycles. The number of methoxy groups -OCH3 is 4. The van der Waals surface area contributed by atoms with Crippen LogP contribution in [0.15, 0.2) is 58.9 Å². The van der Waals surface area contributed by atoms with E-state index in [0.717, 1.165) is 11.3 Å². The summed E-state index contributed by atoms with van der Waals surface area (Å²) in [6, 6.07) is 11.2. The van der Waals surface area contributed by atoms with Crippen molar-refractivity contribution >= 4 is 11.8 Å². The fraction of sp³-hybridized carbons (Fsp3) is 0.400. The molecule has 2 aromatic rings. The van der Waals surface area contributed by atoms with Crippen LogP contribution in [-0.2, 0) is 14.3 Å². The average molecular weight is 522 g/mol. The molecule has 8 heteroatoms. The maximum Gasteiger partial charge on any atom is 0.336 e. The minimum Gasteiger partial charge on any atom is -0.493 e. The Bertz CT molecular complexity index is 1290. The number of esters is 1. The fourth-order valence-corrected chi connectivity index (χ4v) is 5.37. The molecule has 38 heavy (non-hydrogen) atoms. The van der Waals surface area contributed by atoms with Gasteiger partial charge in [0.25, 0.3) is 0 Å². The third-order valence-corrected chi connectivity index (χ3v) is 7.11. The molecule has 0 amide bonds. The van der Waals surface area contributed by atoms with Crippen molar-refractivity contribution in [2.24, 2.45) is 0 Å². The first-order valence-corrected chi connectivity index (χ1v) is 12.7. The van der Waals surface area contributed by atoms with Crippen LogP contribution in [0.4, 0.5) is 0 Å². The number of benzene rings is 2. The molecule has 1 aliphatic carbocycles. The molecule has 0 saturated heterocycles. The monoisotopic (exact) mass is 521 g/mol. The van der Waals surface area contributed by atoms with Gasteiger partial charge in [-0.2, -0.15) is 0 Å². The van der Waals surface area contributed by atoms with Crippen LogP contribution in [0.3, 0.4) is 0 Å². The first-order valence-electron chi connectivity index (χ1n) is 12.7. The molecule has 1 heterocycles. The Balaban J connectivity index is 1.83. The van der Waals surface area contributed by atoms with Crippen molar-refractivity contribution in [1.82, 2.24) is 5.32 Å². The topological polar surface area (TPSA) is 92.3 Å². The predicted molar refractivity (Wildman–Crippen MR) is 143 cm³/mol. The molecule has 2 aliphatic rings. The lowest BCUT2D eigenvalue weighted by Gasteiger charge is -2.37. The molecule has 1 aliphatic heterocycles. The highest BCUT2D eigenvalue weighted by Gasteiger charge is 2.43. The summed E-state index contributed by atoms with van der Waals surface area (Å²) in [5, 5.41) is 3.38. The van der Waals surface area contributed by atoms with Crippen LogP contribution < -0.4 is 24.3 Å². The largest absolute Gasteiger partial charge is 0.493 e. The second-order valence-electron chi connectivity index (χ2n) is 9.35. The molecule has 0 saturated carbocycles. The van der Waals surface area contributed by atoms with Gasteiger partial charge in [-0.05, 0) is 49.4 Å². The number of nitrogens with one attached hydrogen (secondary N) is 1. The summed E-state index contributed by atoms with van der Waals surface area (Å²) < 4.78 is 27.7. The summed E-state index contributed by atoms with van der Waals surface area (Å²) in [6.07, 6.45) is 1.57. The van der Waals surface area contributed by atoms with Crippen molar-refractivity contribution in [2.75, 3.05) is 35.0 Å². The number of carbonyl (C=O) groups excluding carboxylic acids is 2. The summed E-state index contributed by atoms with van der Waals surface area (Å²) >= 11 is 0. The van der Waals surface area contributed by atoms with Crippen molar-refractivity contribution in [1.29, 1.82) is 0 Å². The van der Waals surface area contributed by atoms with Crippen LogP contribution in [0.25, 0.3) is 0 Å². The van der Waals surface area contributed by atoms with Gasteiger partial charge in [-0.25, -0.2) is 4.79 Å². The lowest BCUT2D eigenvalue weighted by Crippen LogP contribution is -2.36. The molecule has 2 unspecified atom stereocenters. The van der Waals surface area contributed by atoms with Crippen LogP contribution >= 0.6 is 0 Å². The number of dihydropyridines is 1. The molecular weight excluding hydrogens is 486 g/mol. The van der Waals surface area contributed by atoms with Gasteiger partial charge in [0.1, 0.15) is 0 Å². The van der Waals surface area contributed by atoms with E-state index >= 15 is 0 Å². The molecule has 0 spiro atoms. The maximum atomic E-state index is 13.9. The first-order chi connectivity index (χ1) is 18.4. The Morgan fingerprint density at radius 1 is 0.947 bits per heavy atom. The highest BCUT2D eigenvalue weighted by molar-refractivity contribution is 6.04. The number of hydrogen-bond donors (Lipinski definition) is 1. The Morgan fingerprint density at radius 2 is 1.68 bits per heavy atom. The molecular formula is C30H35NO7. The smallest absolute Gasteiger partial charge is 0.336 e. The quantitative estimate of drug-likeness (QED) is 0.459. The lowest BCUT2D eigenvalue weighted by atomic mass is 9.71. The average Bonchev–Trinajstić information content (AvgIpc) is 2.93. The van der Waals surface area contributed by atoms with E-state index in [4.69, 9.17) is 23.7 Å². The molecule has 0 aromatic heterocycles. The van der Waals surface area contributed by atoms with E-state index in [1.807, 2.05) is 44.2 Å². The lowest BCUT2D eigenvalue weighted by molar-refractivity contribution is -0.139. The maximum absolute atomic E-state index is 13.9. The van der Waals surface area contributed by atoms with E-state index in [1.54, 1.807) is 34.5 Å². The van der Waals surface area contributed by atoms with Gasteiger partial charge in [-0.1, -0.05) is 25.1 Å². The van der Waals surface area contributed by atoms with E-state index in [2.05, 4.69) is 5.32 Å². The number of carbonyl (C=O) groups is 2. The molecule has 0 radical (unpaired) electrons. The van der Waals surface area contributed by atoms with Crippen molar-refractivity contribution < 1.29 is 33.3 Å². The number of allylic oxidation sites excluding steroid dienone is 3. The Kier molecular flexibility index (Phi) is 8.29. The number of rotatable bonds is 9. The zero-order valence-corrected chi connectivity index (χ0v) is 22.8. The minimum absolute atomic E-state index is 0.0401. The summed E-state index contributed by atoms with van der Waals surface area (Å²) in [4.78, 5) is 27.3. The molecule has 0 bridgehead atoms. The number of ketones is 1. The van der Waals surface area contributed by atoms with Crippen LogP contribution in [0.5, 0.6) is 23.0 Å². The zero-order chi connectivity index (χ0) is 27.4. The number of para-hydroxylation sites is 1. The molecule has 2 atom stereocenters. The second-order valence-corrected chi connectivity index (χ2v) is 9.35. The Hall–Kier alpha value is -3.94. The number of ether oxygens (including phenoxy) is 5. The number of Topliss-reactive ketones (excluding diaryl/α,β-unsaturated/α-hetero) is 1. The normalized spacial score (nSPS) is 18.9. The number of hydrogen-bond acceptors (Lipinski definition) is 8. The van der Waals surface area contributed by atoms with E-state index in [9.17, 15) is 9.59 Å². The van der Waals surface area contributed by atoms with Gasteiger partial charge >= 0.3 is 5.97 Å². The third kappa shape index (κ3) is 4.95. The third-order valence-electron chi connectivity index (χ3n) is 7.11. The van der Waals surface area contributed by atoms with Gasteiger partial charge in [0.15, 0.2) is 28.8 Å². The molecule has 0 fully saturated rings. The van der Waals surface area contributed by atoms with Gasteiger partial charge < -0.3 is 29.0 Å². The molecule has 8 nitrogen and oxygen atoms in total. The zero-order valence-electron chi connectivity index (χ0n) is 22.8. The van der Waals surface area contributed by atoms with Crippen molar-refractivity contribution in [2.45, 2.75) is 44.9 Å². The Labute approximate surface area is 223 Å². The van der Waals surface area contributed by atoms with Crippen LogP contribution in [0.1, 0.15) is 56.1 Å². The summed E-state index contributed by atoms with van der Waals surface area (Å²) in [6.45, 7) is 4.07. The fourth-order valence-electron chi connectivity index (χ4n) is 5.37. The van der Waals surface area contributed by atoms with Crippen LogP contribution in [0, 0.1) is 0 Å². The SMILES string of the molecule is CCCOC(=O)C1=C(C)NC2=C(C(=O)CC(c3ccc(OC)c(OC)c3)C2)C1c1cccc(OC)c1OC. The van der Waals surface area contributed by atoms with Crippen LogP contribution in [0.2, 0.25) is 0 Å². The molecule has 4 rings (SSSR count). The molecule has 1 N–H and O–H groups in total. The van der Waals surface area contributed by atoms with Crippen LogP contribution in [-0.4, -0.2) is 46.8 Å². The summed E-state index contributed by atoms with van der Waals surface area (Å²) in [7, 11) is 6.30. The van der Waals surface area contributed by atoms with E-state index < -0.39 is 11.9 Å². The second kappa shape index (κ2) is 11.6. The van der Waals surface area contributed by atoms with Gasteiger partial charge in [-0.15, -0.1) is 0 Å². The van der Waals surface area contributed by atoms with E-state index in [1.165, 1.54) is 0 Å². The van der Waals surface area contributed by atoms with Gasteiger partial charge in [0.05, 0.1) is 46.5 Å². The van der Waals surface area contributed by atoms with Gasteiger partial charge in [0, 0.05) is 29.0 Å². The summed E-state index contributed by atoms with van der Waals surface area (Å²) in [5.74, 6) is 1.04. The van der Waals surface area contributed by atoms with Crippen molar-refractivity contribution in [3.8, 4) is 23.0 Å². The minimum atomic E-state index is -0.653. The van der Waals surface area contributed by atoms with Gasteiger partial charge in [0.2, 0.25) is 0 Å². The molecule has 202 valence electrons. The van der Waals surface area contributed by atoms with E-state index in [0.29, 0.717) is 64.9 Å². The standard InChI is InChI=1S/C30H35NO7/c1-7-13-38-30(33)26-17(2)31-21-14-19(18-11-12-23(34-3)25(16-18)36-5)15-22(32)28(21)27(26)20-9-8-10-24(35-4)29(20)37-6/h8-12,16,19,27,31H,7,13-15H2,1-6H3. The van der Waals surface area contributed by atoms with Gasteiger partial charge in [-0.3, -0.25) is 4.79 Å². The predicted octanol–water partition coefficient (Wildman–Crippen LogP) is 5.04. The first kappa shape index (κ1) is 27.1. The summed E-state index contributed by atoms with van der Waals surface area (Å²) in [5.41, 5.74) is 4.07. The van der Waals surface area contributed by atoms with E-state index in [-0.39, 0.29) is 18.1 Å². The van der Waals surface area contributed by atoms with Crippen molar-refractivity contribution in [3.05, 3.63) is 70.1 Å². The highest BCUT2D eigenvalue weighted by Crippen LogP contribution is 2.49. The van der Waals surface area contributed by atoms with Crippen molar-refractivity contribution in [3.63, 3.8) is 0 Å².